The van der Waals surface area contributed by atoms with E-state index in [9.17, 15) is 0 Å². The predicted octanol–water partition coefficient (Wildman–Crippen LogP) is 10.4. The standard InChI is InChI=1S/C21H13N2O.C20H18N.Ir/c1-13-19-14(10-12-22-13)8-9-16-15-5-4-6-17(20(15)24-21(16)19)18-7-2-3-11-23-18;1-14-9-10-18(20-11-15(2)16(3)13-21-20)12-19(14)17-7-5-4-6-8-17;/h2-5,7-12H,1H3;4-9,11-13H,1-3H3;/q2*-1;. The van der Waals surface area contributed by atoms with Crippen molar-refractivity contribution in [3.8, 4) is 33.6 Å². The van der Waals surface area contributed by atoms with Crippen LogP contribution in [0.3, 0.4) is 0 Å². The first kappa shape index (κ1) is 31.0. The number of benzene rings is 4. The summed E-state index contributed by atoms with van der Waals surface area (Å²) in [6.45, 7) is 8.34. The van der Waals surface area contributed by atoms with E-state index in [1.165, 1.54) is 27.8 Å². The number of nitrogens with zero attached hydrogens (tertiary/aromatic N) is 3. The molecule has 8 rings (SSSR count). The number of hydrogen-bond donors (Lipinski definition) is 0. The van der Waals surface area contributed by atoms with Crippen molar-refractivity contribution in [2.24, 2.45) is 0 Å². The van der Waals surface area contributed by atoms with Gasteiger partial charge in [-0.05, 0) is 60.8 Å². The van der Waals surface area contributed by atoms with Crippen molar-refractivity contribution in [1.82, 2.24) is 15.0 Å². The summed E-state index contributed by atoms with van der Waals surface area (Å²) >= 11 is 0. The molecule has 0 atom stereocenters. The van der Waals surface area contributed by atoms with Crippen molar-refractivity contribution in [1.29, 1.82) is 0 Å². The quantitative estimate of drug-likeness (QED) is 0.168. The molecular weight excluding hydrogens is 743 g/mol. The molecular formula is C41H31IrN3O-2. The molecule has 5 heteroatoms. The van der Waals surface area contributed by atoms with Gasteiger partial charge in [-0.2, -0.15) is 0 Å². The Morgan fingerprint density at radius 3 is 2.22 bits per heavy atom. The van der Waals surface area contributed by atoms with E-state index in [1.807, 2.05) is 61.8 Å². The molecule has 0 amide bonds. The summed E-state index contributed by atoms with van der Waals surface area (Å²) in [5, 5.41) is 4.38. The van der Waals surface area contributed by atoms with Crippen LogP contribution in [0.5, 0.6) is 0 Å². The van der Waals surface area contributed by atoms with Crippen molar-refractivity contribution in [3.05, 3.63) is 150 Å². The van der Waals surface area contributed by atoms with Gasteiger partial charge in [0.15, 0.2) is 0 Å². The van der Waals surface area contributed by atoms with Crippen LogP contribution in [0, 0.1) is 39.8 Å². The zero-order valence-electron chi connectivity index (χ0n) is 26.1. The first-order valence-corrected chi connectivity index (χ1v) is 15.0. The average Bonchev–Trinajstić information content (AvgIpc) is 3.46. The molecule has 0 aliphatic heterocycles. The Hall–Kier alpha value is -4.96. The first-order valence-electron chi connectivity index (χ1n) is 15.0. The number of furan rings is 1. The molecule has 0 unspecified atom stereocenters. The van der Waals surface area contributed by atoms with Gasteiger partial charge >= 0.3 is 0 Å². The summed E-state index contributed by atoms with van der Waals surface area (Å²) in [5.41, 5.74) is 12.6. The average molecular weight is 774 g/mol. The summed E-state index contributed by atoms with van der Waals surface area (Å²) in [5.74, 6) is 0. The van der Waals surface area contributed by atoms with Gasteiger partial charge in [0, 0.05) is 55.2 Å². The molecule has 0 bridgehead atoms. The third kappa shape index (κ3) is 5.88. The Kier molecular flexibility index (Phi) is 8.89. The van der Waals surface area contributed by atoms with E-state index in [4.69, 9.17) is 4.42 Å². The molecule has 8 aromatic rings. The third-order valence-electron chi connectivity index (χ3n) is 8.33. The van der Waals surface area contributed by atoms with E-state index in [-0.39, 0.29) is 20.1 Å². The van der Waals surface area contributed by atoms with E-state index < -0.39 is 0 Å². The van der Waals surface area contributed by atoms with Gasteiger partial charge in [-0.3, -0.25) is 4.98 Å². The van der Waals surface area contributed by atoms with Crippen LogP contribution in [0.4, 0.5) is 0 Å². The zero-order chi connectivity index (χ0) is 30.9. The fraction of sp³-hybridized carbons (Fsp3) is 0.0976. The fourth-order valence-electron chi connectivity index (χ4n) is 5.74. The number of hydrogen-bond acceptors (Lipinski definition) is 4. The summed E-state index contributed by atoms with van der Waals surface area (Å²) in [4.78, 5) is 13.4. The van der Waals surface area contributed by atoms with E-state index in [0.29, 0.717) is 0 Å². The Bertz CT molecular complexity index is 2310. The number of aryl methyl sites for hydroxylation is 4. The van der Waals surface area contributed by atoms with Gasteiger partial charge in [-0.15, -0.1) is 47.5 Å². The van der Waals surface area contributed by atoms with Gasteiger partial charge in [-0.25, -0.2) is 0 Å². The van der Waals surface area contributed by atoms with Gasteiger partial charge in [0.05, 0.1) is 5.58 Å². The summed E-state index contributed by atoms with van der Waals surface area (Å²) in [6.07, 6.45) is 5.55. The molecule has 0 aliphatic rings. The third-order valence-corrected chi connectivity index (χ3v) is 8.33. The molecule has 4 aromatic carbocycles. The van der Waals surface area contributed by atoms with E-state index in [1.54, 1.807) is 6.20 Å². The molecule has 4 heterocycles. The molecule has 0 saturated carbocycles. The van der Waals surface area contributed by atoms with Crippen molar-refractivity contribution in [2.45, 2.75) is 27.7 Å². The van der Waals surface area contributed by atoms with Crippen LogP contribution < -0.4 is 0 Å². The first-order chi connectivity index (χ1) is 22.0. The molecule has 0 aliphatic carbocycles. The Morgan fingerprint density at radius 1 is 0.630 bits per heavy atom. The van der Waals surface area contributed by atoms with Crippen LogP contribution in [-0.4, -0.2) is 15.0 Å². The van der Waals surface area contributed by atoms with Crippen LogP contribution in [0.1, 0.15) is 22.4 Å². The van der Waals surface area contributed by atoms with E-state index >= 15 is 0 Å². The van der Waals surface area contributed by atoms with Crippen molar-refractivity contribution < 1.29 is 24.5 Å². The van der Waals surface area contributed by atoms with Crippen molar-refractivity contribution in [2.75, 3.05) is 0 Å². The molecule has 227 valence electrons. The minimum absolute atomic E-state index is 0. The van der Waals surface area contributed by atoms with Gasteiger partial charge in [0.2, 0.25) is 0 Å². The molecule has 4 aromatic heterocycles. The van der Waals surface area contributed by atoms with Crippen LogP contribution >= 0.6 is 0 Å². The van der Waals surface area contributed by atoms with Crippen molar-refractivity contribution in [3.63, 3.8) is 0 Å². The van der Waals surface area contributed by atoms with Gasteiger partial charge < -0.3 is 14.4 Å². The molecule has 0 N–H and O–H groups in total. The second kappa shape index (κ2) is 13.2. The van der Waals surface area contributed by atoms with Crippen LogP contribution in [0.15, 0.2) is 120 Å². The van der Waals surface area contributed by atoms with E-state index in [2.05, 4.69) is 102 Å². The molecule has 0 fully saturated rings. The molecule has 4 nitrogen and oxygen atoms in total. The van der Waals surface area contributed by atoms with Gasteiger partial charge in [0.25, 0.3) is 0 Å². The van der Waals surface area contributed by atoms with Crippen molar-refractivity contribution >= 4 is 32.7 Å². The number of aromatic nitrogens is 3. The summed E-state index contributed by atoms with van der Waals surface area (Å²) < 4.78 is 6.32. The largest absolute Gasteiger partial charge is 0.500 e. The van der Waals surface area contributed by atoms with Gasteiger partial charge in [0.1, 0.15) is 5.58 Å². The number of fused-ring (bicyclic) bond motifs is 5. The predicted molar refractivity (Wildman–Crippen MR) is 184 cm³/mol. The number of pyridine rings is 3. The van der Waals surface area contributed by atoms with Crippen LogP contribution in [-0.2, 0) is 20.1 Å². The molecule has 1 radical (unpaired) electrons. The minimum atomic E-state index is 0. The molecule has 0 spiro atoms. The second-order valence-corrected chi connectivity index (χ2v) is 11.3. The minimum Gasteiger partial charge on any atom is -0.500 e. The monoisotopic (exact) mass is 774 g/mol. The Morgan fingerprint density at radius 2 is 1.43 bits per heavy atom. The fourth-order valence-corrected chi connectivity index (χ4v) is 5.74. The smallest absolute Gasteiger partial charge is 0.130 e. The Labute approximate surface area is 282 Å². The van der Waals surface area contributed by atoms with Crippen LogP contribution in [0.25, 0.3) is 66.4 Å². The maximum atomic E-state index is 6.32. The van der Waals surface area contributed by atoms with Gasteiger partial charge in [-0.1, -0.05) is 89.7 Å². The van der Waals surface area contributed by atoms with Crippen LogP contribution in [0.2, 0.25) is 0 Å². The zero-order valence-corrected chi connectivity index (χ0v) is 28.4. The Balaban J connectivity index is 0.000000160. The maximum Gasteiger partial charge on any atom is 0.130 e. The summed E-state index contributed by atoms with van der Waals surface area (Å²) in [6, 6.07) is 39.5. The molecule has 0 saturated heterocycles. The number of rotatable bonds is 3. The second-order valence-electron chi connectivity index (χ2n) is 11.3. The maximum absolute atomic E-state index is 6.32. The SMILES string of the molecule is Cc1cnc(-c2[c-]cc(C)c(-c3ccccc3)c2)cc1C.Cc1nccc2ccc3c4cc[c-]c(-c5ccccn5)c4oc3c12.[Ir]. The normalized spacial score (nSPS) is 10.9. The topological polar surface area (TPSA) is 51.8 Å². The van der Waals surface area contributed by atoms with E-state index in [0.717, 1.165) is 60.9 Å². The summed E-state index contributed by atoms with van der Waals surface area (Å²) in [7, 11) is 0. The molecule has 46 heavy (non-hydrogen) atoms.